The molecule has 5 nitrogen and oxygen atoms in total. The molecule has 1 aromatic rings. The van der Waals surface area contributed by atoms with E-state index >= 15 is 0 Å². The summed E-state index contributed by atoms with van der Waals surface area (Å²) in [6.45, 7) is 3.29. The maximum atomic E-state index is 12.6. The molecular weight excluding hydrogens is 300 g/mol. The van der Waals surface area contributed by atoms with Crippen molar-refractivity contribution in [1.82, 2.24) is 4.31 Å². The van der Waals surface area contributed by atoms with E-state index in [-0.39, 0.29) is 23.3 Å². The van der Waals surface area contributed by atoms with E-state index in [2.05, 4.69) is 0 Å². The highest BCUT2D eigenvalue weighted by molar-refractivity contribution is 7.89. The van der Waals surface area contributed by atoms with Crippen LogP contribution in [0.3, 0.4) is 0 Å². The van der Waals surface area contributed by atoms with Crippen LogP contribution in [0.25, 0.3) is 0 Å². The Hall–Kier alpha value is -0.820. The third kappa shape index (κ3) is 3.44. The summed E-state index contributed by atoms with van der Waals surface area (Å²) in [7, 11) is -3.47. The van der Waals surface area contributed by atoms with Crippen molar-refractivity contribution >= 4 is 22.4 Å². The lowest BCUT2D eigenvalue weighted by Crippen LogP contribution is -2.39. The lowest BCUT2D eigenvalue weighted by Gasteiger charge is -2.23. The summed E-state index contributed by atoms with van der Waals surface area (Å²) >= 11 is 0. The molecule has 1 aliphatic heterocycles. The zero-order valence-corrected chi connectivity index (χ0v) is 13.1. The van der Waals surface area contributed by atoms with Gasteiger partial charge in [-0.2, -0.15) is 4.31 Å². The van der Waals surface area contributed by atoms with Gasteiger partial charge in [0.05, 0.1) is 11.5 Å². The number of nitrogens with two attached hydrogens (primary N) is 1. The van der Waals surface area contributed by atoms with Crippen LogP contribution >= 0.6 is 12.4 Å². The Morgan fingerprint density at radius 1 is 1.45 bits per heavy atom. The van der Waals surface area contributed by atoms with Crippen LogP contribution in [-0.4, -0.2) is 38.5 Å². The van der Waals surface area contributed by atoms with Gasteiger partial charge in [0.2, 0.25) is 10.0 Å². The number of hydrogen-bond donors (Lipinski definition) is 1. The van der Waals surface area contributed by atoms with Gasteiger partial charge in [0, 0.05) is 25.2 Å². The minimum atomic E-state index is -3.47. The SMILES string of the molecule is CCOc1cccc(S(=O)(=O)N2CCCC2CN)c1.Cl. The van der Waals surface area contributed by atoms with Crippen LogP contribution in [0.2, 0.25) is 0 Å². The molecular formula is C13H21ClN2O3S. The molecule has 1 unspecified atom stereocenters. The molecule has 2 rings (SSSR count). The topological polar surface area (TPSA) is 72.6 Å². The highest BCUT2D eigenvalue weighted by Crippen LogP contribution is 2.27. The predicted octanol–water partition coefficient (Wildman–Crippen LogP) is 1.62. The molecule has 0 aliphatic carbocycles. The van der Waals surface area contributed by atoms with Gasteiger partial charge in [0.25, 0.3) is 0 Å². The van der Waals surface area contributed by atoms with Crippen LogP contribution in [0, 0.1) is 0 Å². The number of rotatable bonds is 5. The second kappa shape index (κ2) is 7.26. The van der Waals surface area contributed by atoms with Crippen molar-refractivity contribution in [2.24, 2.45) is 5.73 Å². The second-order valence-electron chi connectivity index (χ2n) is 4.56. The molecule has 1 saturated heterocycles. The van der Waals surface area contributed by atoms with Crippen LogP contribution in [0.4, 0.5) is 0 Å². The monoisotopic (exact) mass is 320 g/mol. The summed E-state index contributed by atoms with van der Waals surface area (Å²) in [4.78, 5) is 0.277. The van der Waals surface area contributed by atoms with Crippen molar-refractivity contribution < 1.29 is 13.2 Å². The van der Waals surface area contributed by atoms with Crippen LogP contribution in [-0.2, 0) is 10.0 Å². The summed E-state index contributed by atoms with van der Waals surface area (Å²) < 4.78 is 32.0. The van der Waals surface area contributed by atoms with Gasteiger partial charge < -0.3 is 10.5 Å². The van der Waals surface area contributed by atoms with E-state index in [0.717, 1.165) is 12.8 Å². The second-order valence-corrected chi connectivity index (χ2v) is 6.45. The number of nitrogens with zero attached hydrogens (tertiary/aromatic N) is 1. The lowest BCUT2D eigenvalue weighted by atomic mass is 10.2. The molecule has 0 amide bonds. The zero-order chi connectivity index (χ0) is 13.9. The molecule has 0 bridgehead atoms. The Morgan fingerprint density at radius 2 is 2.20 bits per heavy atom. The van der Waals surface area contributed by atoms with Gasteiger partial charge in [0.15, 0.2) is 0 Å². The largest absolute Gasteiger partial charge is 0.494 e. The van der Waals surface area contributed by atoms with Gasteiger partial charge in [-0.25, -0.2) is 8.42 Å². The molecule has 114 valence electrons. The molecule has 1 aliphatic rings. The Labute approximate surface area is 126 Å². The summed E-state index contributed by atoms with van der Waals surface area (Å²) in [5, 5.41) is 0. The normalized spacial score (nSPS) is 19.6. The van der Waals surface area contributed by atoms with E-state index in [1.807, 2.05) is 6.92 Å². The van der Waals surface area contributed by atoms with Crippen molar-refractivity contribution in [3.63, 3.8) is 0 Å². The number of halogens is 1. The molecule has 1 fully saturated rings. The maximum Gasteiger partial charge on any atom is 0.243 e. The fourth-order valence-corrected chi connectivity index (χ4v) is 4.13. The van der Waals surface area contributed by atoms with Crippen LogP contribution in [0.5, 0.6) is 5.75 Å². The standard InChI is InChI=1S/C13H20N2O3S.ClH/c1-2-18-12-6-3-7-13(9-12)19(16,17)15-8-4-5-11(15)10-14;/h3,6-7,9,11H,2,4-5,8,10,14H2,1H3;1H. The van der Waals surface area contributed by atoms with Crippen LogP contribution in [0.15, 0.2) is 29.2 Å². The van der Waals surface area contributed by atoms with E-state index in [4.69, 9.17) is 10.5 Å². The molecule has 7 heteroatoms. The first kappa shape index (κ1) is 17.2. The molecule has 20 heavy (non-hydrogen) atoms. The van der Waals surface area contributed by atoms with Crippen LogP contribution < -0.4 is 10.5 Å². The lowest BCUT2D eigenvalue weighted by molar-refractivity contribution is 0.339. The summed E-state index contributed by atoms with van der Waals surface area (Å²) in [5.41, 5.74) is 5.65. The van der Waals surface area contributed by atoms with Gasteiger partial charge >= 0.3 is 0 Å². The van der Waals surface area contributed by atoms with E-state index in [9.17, 15) is 8.42 Å². The molecule has 2 N–H and O–H groups in total. The Bertz CT molecular complexity index is 536. The number of hydrogen-bond acceptors (Lipinski definition) is 4. The molecule has 1 heterocycles. The van der Waals surface area contributed by atoms with Crippen molar-refractivity contribution in [3.05, 3.63) is 24.3 Å². The first-order chi connectivity index (χ1) is 9.09. The van der Waals surface area contributed by atoms with E-state index in [0.29, 0.717) is 25.4 Å². The molecule has 0 saturated carbocycles. The smallest absolute Gasteiger partial charge is 0.243 e. The van der Waals surface area contributed by atoms with Crippen molar-refractivity contribution in [2.75, 3.05) is 19.7 Å². The van der Waals surface area contributed by atoms with Gasteiger partial charge in [-0.05, 0) is 31.9 Å². The number of ether oxygens (including phenoxy) is 1. The average Bonchev–Trinajstić information content (AvgIpc) is 2.88. The third-order valence-electron chi connectivity index (χ3n) is 3.32. The Kier molecular flexibility index (Phi) is 6.26. The van der Waals surface area contributed by atoms with Crippen molar-refractivity contribution in [3.8, 4) is 5.75 Å². The predicted molar refractivity (Wildman–Crippen MR) is 80.8 cm³/mol. The van der Waals surface area contributed by atoms with Crippen molar-refractivity contribution in [1.29, 1.82) is 0 Å². The van der Waals surface area contributed by atoms with Gasteiger partial charge in [-0.1, -0.05) is 6.07 Å². The molecule has 1 aromatic carbocycles. The number of benzene rings is 1. The highest BCUT2D eigenvalue weighted by Gasteiger charge is 2.34. The van der Waals surface area contributed by atoms with Gasteiger partial charge in [-0.15, -0.1) is 12.4 Å². The van der Waals surface area contributed by atoms with E-state index in [1.54, 1.807) is 24.3 Å². The highest BCUT2D eigenvalue weighted by atomic mass is 35.5. The van der Waals surface area contributed by atoms with E-state index < -0.39 is 10.0 Å². The van der Waals surface area contributed by atoms with Crippen LogP contribution in [0.1, 0.15) is 19.8 Å². The summed E-state index contributed by atoms with van der Waals surface area (Å²) in [6, 6.07) is 6.55. The quantitative estimate of drug-likeness (QED) is 0.894. The molecule has 0 radical (unpaired) electrons. The zero-order valence-electron chi connectivity index (χ0n) is 11.5. The first-order valence-electron chi connectivity index (χ1n) is 6.54. The van der Waals surface area contributed by atoms with Crippen molar-refractivity contribution in [2.45, 2.75) is 30.7 Å². The Balaban J connectivity index is 0.00000200. The fourth-order valence-electron chi connectivity index (χ4n) is 2.39. The van der Waals surface area contributed by atoms with E-state index in [1.165, 1.54) is 4.31 Å². The molecule has 0 spiro atoms. The van der Waals surface area contributed by atoms with Gasteiger partial charge in [-0.3, -0.25) is 0 Å². The summed E-state index contributed by atoms with van der Waals surface area (Å²) in [5.74, 6) is 0.576. The number of sulfonamides is 1. The summed E-state index contributed by atoms with van der Waals surface area (Å²) in [6.07, 6.45) is 1.70. The average molecular weight is 321 g/mol. The fraction of sp³-hybridized carbons (Fsp3) is 0.538. The maximum absolute atomic E-state index is 12.6. The minimum Gasteiger partial charge on any atom is -0.494 e. The third-order valence-corrected chi connectivity index (χ3v) is 5.27. The van der Waals surface area contributed by atoms with Gasteiger partial charge in [0.1, 0.15) is 5.75 Å². The molecule has 1 atom stereocenters. The minimum absolute atomic E-state index is 0. The Morgan fingerprint density at radius 3 is 2.85 bits per heavy atom. The molecule has 0 aromatic heterocycles. The first-order valence-corrected chi connectivity index (χ1v) is 7.98.